The molecule has 0 saturated heterocycles. The highest BCUT2D eigenvalue weighted by atomic mass is 16.3. The molecule has 0 aliphatic heterocycles. The van der Waals surface area contributed by atoms with Crippen LogP contribution in [0.25, 0.3) is 0 Å². The Bertz CT molecular complexity index is 163. The first-order valence-corrected chi connectivity index (χ1v) is 6.16. The van der Waals surface area contributed by atoms with Crippen molar-refractivity contribution in [1.82, 2.24) is 0 Å². The average Bonchev–Trinajstić information content (AvgIpc) is 2.25. The van der Waals surface area contributed by atoms with E-state index in [1.165, 1.54) is 0 Å². The van der Waals surface area contributed by atoms with Gasteiger partial charge in [-0.2, -0.15) is 0 Å². The molecule has 16 heavy (non-hydrogen) atoms. The first kappa shape index (κ1) is 15.8. The topological polar surface area (TPSA) is 80.9 Å². The molecule has 4 atom stereocenters. The van der Waals surface area contributed by atoms with Gasteiger partial charge in [0.05, 0.1) is 18.3 Å². The Morgan fingerprint density at radius 1 is 0.938 bits per heavy atom. The molecular formula is C12H26O4. The maximum atomic E-state index is 9.69. The molecule has 0 rings (SSSR count). The molecule has 0 aromatic rings. The quantitative estimate of drug-likeness (QED) is 0.472. The highest BCUT2D eigenvalue weighted by Gasteiger charge is 2.19. The van der Waals surface area contributed by atoms with Gasteiger partial charge in [-0.1, -0.05) is 13.8 Å². The molecule has 0 radical (unpaired) electrons. The van der Waals surface area contributed by atoms with Crippen molar-refractivity contribution in [2.75, 3.05) is 6.61 Å². The van der Waals surface area contributed by atoms with Crippen LogP contribution in [0.5, 0.6) is 0 Å². The normalized spacial score (nSPS) is 19.1. The molecule has 0 bridgehead atoms. The Balaban J connectivity index is 3.76. The SMILES string of the molecule is CCC(O)CCC(O)C(O)CC(C)CCO. The molecule has 4 N–H and O–H groups in total. The average molecular weight is 234 g/mol. The van der Waals surface area contributed by atoms with Gasteiger partial charge in [-0.3, -0.25) is 0 Å². The lowest BCUT2D eigenvalue weighted by Gasteiger charge is -2.21. The number of aliphatic hydroxyl groups is 4. The molecule has 0 aliphatic rings. The van der Waals surface area contributed by atoms with Crippen molar-refractivity contribution in [3.05, 3.63) is 0 Å². The van der Waals surface area contributed by atoms with Crippen LogP contribution in [0.3, 0.4) is 0 Å². The Kier molecular flexibility index (Phi) is 8.84. The predicted octanol–water partition coefficient (Wildman–Crippen LogP) is 0.668. The molecule has 0 amide bonds. The van der Waals surface area contributed by atoms with Crippen LogP contribution in [0, 0.1) is 5.92 Å². The van der Waals surface area contributed by atoms with E-state index >= 15 is 0 Å². The summed E-state index contributed by atoms with van der Waals surface area (Å²) in [6.07, 6.45) is 0.810. The van der Waals surface area contributed by atoms with Gasteiger partial charge in [0.25, 0.3) is 0 Å². The maximum Gasteiger partial charge on any atom is 0.0801 e. The van der Waals surface area contributed by atoms with Gasteiger partial charge in [0.2, 0.25) is 0 Å². The van der Waals surface area contributed by atoms with Crippen molar-refractivity contribution in [2.24, 2.45) is 5.92 Å². The van der Waals surface area contributed by atoms with Crippen LogP contribution >= 0.6 is 0 Å². The largest absolute Gasteiger partial charge is 0.396 e. The minimum Gasteiger partial charge on any atom is -0.396 e. The monoisotopic (exact) mass is 234 g/mol. The van der Waals surface area contributed by atoms with Gasteiger partial charge in [0.15, 0.2) is 0 Å². The van der Waals surface area contributed by atoms with E-state index < -0.39 is 18.3 Å². The van der Waals surface area contributed by atoms with E-state index in [1.54, 1.807) is 0 Å². The molecular weight excluding hydrogens is 208 g/mol. The van der Waals surface area contributed by atoms with E-state index in [0.29, 0.717) is 32.1 Å². The summed E-state index contributed by atoms with van der Waals surface area (Å²) in [7, 11) is 0. The second kappa shape index (κ2) is 8.93. The third-order valence-electron chi connectivity index (χ3n) is 2.98. The number of hydrogen-bond acceptors (Lipinski definition) is 4. The van der Waals surface area contributed by atoms with Gasteiger partial charge in [0.1, 0.15) is 0 Å². The number of rotatable bonds is 9. The molecule has 0 fully saturated rings. The fourth-order valence-electron chi connectivity index (χ4n) is 1.67. The molecule has 4 heteroatoms. The summed E-state index contributed by atoms with van der Waals surface area (Å²) in [6, 6.07) is 0. The Morgan fingerprint density at radius 3 is 2.06 bits per heavy atom. The zero-order valence-corrected chi connectivity index (χ0v) is 10.3. The summed E-state index contributed by atoms with van der Waals surface area (Å²) in [4.78, 5) is 0. The number of aliphatic hydroxyl groups excluding tert-OH is 4. The zero-order chi connectivity index (χ0) is 12.6. The van der Waals surface area contributed by atoms with Crippen molar-refractivity contribution in [3.8, 4) is 0 Å². The zero-order valence-electron chi connectivity index (χ0n) is 10.3. The standard InChI is InChI=1S/C12H26O4/c1-3-10(14)4-5-11(15)12(16)8-9(2)6-7-13/h9-16H,3-8H2,1-2H3. The van der Waals surface area contributed by atoms with Gasteiger partial charge in [-0.25, -0.2) is 0 Å². The first-order valence-electron chi connectivity index (χ1n) is 6.16. The molecule has 4 nitrogen and oxygen atoms in total. The molecule has 0 saturated carbocycles. The lowest BCUT2D eigenvalue weighted by Crippen LogP contribution is -2.29. The molecule has 4 unspecified atom stereocenters. The molecule has 0 aliphatic carbocycles. The minimum absolute atomic E-state index is 0.110. The van der Waals surface area contributed by atoms with Crippen LogP contribution in [0.1, 0.15) is 46.0 Å². The van der Waals surface area contributed by atoms with Crippen LogP contribution in [-0.2, 0) is 0 Å². The summed E-state index contributed by atoms with van der Waals surface area (Å²) in [6.45, 7) is 3.93. The fraction of sp³-hybridized carbons (Fsp3) is 1.00. The molecule has 0 spiro atoms. The Morgan fingerprint density at radius 2 is 1.56 bits per heavy atom. The van der Waals surface area contributed by atoms with Crippen LogP contribution in [0.2, 0.25) is 0 Å². The van der Waals surface area contributed by atoms with Crippen molar-refractivity contribution in [3.63, 3.8) is 0 Å². The van der Waals surface area contributed by atoms with Gasteiger partial charge in [-0.05, 0) is 38.0 Å². The number of hydrogen-bond donors (Lipinski definition) is 4. The van der Waals surface area contributed by atoms with Crippen molar-refractivity contribution in [1.29, 1.82) is 0 Å². The first-order chi connectivity index (χ1) is 7.51. The van der Waals surface area contributed by atoms with Gasteiger partial charge in [0, 0.05) is 6.61 Å². The van der Waals surface area contributed by atoms with E-state index in [1.807, 2.05) is 13.8 Å². The van der Waals surface area contributed by atoms with Gasteiger partial charge < -0.3 is 20.4 Å². The van der Waals surface area contributed by atoms with Gasteiger partial charge >= 0.3 is 0 Å². The third-order valence-corrected chi connectivity index (χ3v) is 2.98. The Labute approximate surface area is 97.9 Å². The molecule has 0 heterocycles. The Hall–Kier alpha value is -0.160. The van der Waals surface area contributed by atoms with Gasteiger partial charge in [-0.15, -0.1) is 0 Å². The molecule has 98 valence electrons. The van der Waals surface area contributed by atoms with Crippen LogP contribution in [-0.4, -0.2) is 45.3 Å². The predicted molar refractivity (Wildman–Crippen MR) is 63.0 cm³/mol. The highest BCUT2D eigenvalue weighted by Crippen LogP contribution is 2.16. The van der Waals surface area contributed by atoms with Crippen LogP contribution < -0.4 is 0 Å². The lowest BCUT2D eigenvalue weighted by molar-refractivity contribution is -0.00740. The summed E-state index contributed by atoms with van der Waals surface area (Å²) in [5, 5.41) is 37.4. The van der Waals surface area contributed by atoms with Crippen molar-refractivity contribution >= 4 is 0 Å². The molecule has 0 aromatic carbocycles. The van der Waals surface area contributed by atoms with E-state index in [0.717, 1.165) is 0 Å². The van der Waals surface area contributed by atoms with E-state index in [2.05, 4.69) is 0 Å². The summed E-state index contributed by atoms with van der Waals surface area (Å²) >= 11 is 0. The van der Waals surface area contributed by atoms with Crippen LogP contribution in [0.15, 0.2) is 0 Å². The fourth-order valence-corrected chi connectivity index (χ4v) is 1.67. The molecule has 0 aromatic heterocycles. The second-order valence-electron chi connectivity index (χ2n) is 4.63. The van der Waals surface area contributed by atoms with Crippen LogP contribution in [0.4, 0.5) is 0 Å². The van der Waals surface area contributed by atoms with Crippen molar-refractivity contribution in [2.45, 2.75) is 64.3 Å². The second-order valence-corrected chi connectivity index (χ2v) is 4.63. The highest BCUT2D eigenvalue weighted by molar-refractivity contribution is 4.71. The third kappa shape index (κ3) is 7.17. The van der Waals surface area contributed by atoms with Crippen molar-refractivity contribution < 1.29 is 20.4 Å². The summed E-state index contributed by atoms with van der Waals surface area (Å²) in [5.74, 6) is 0.200. The van der Waals surface area contributed by atoms with E-state index in [-0.39, 0.29) is 12.5 Å². The summed E-state index contributed by atoms with van der Waals surface area (Å²) < 4.78 is 0. The minimum atomic E-state index is -0.776. The van der Waals surface area contributed by atoms with E-state index in [9.17, 15) is 15.3 Å². The van der Waals surface area contributed by atoms with E-state index in [4.69, 9.17) is 5.11 Å². The summed E-state index contributed by atoms with van der Waals surface area (Å²) in [5.41, 5.74) is 0. The maximum absolute atomic E-state index is 9.69. The lowest BCUT2D eigenvalue weighted by atomic mass is 9.95. The smallest absolute Gasteiger partial charge is 0.0801 e.